The highest BCUT2D eigenvalue weighted by Crippen LogP contribution is 2.33. The summed E-state index contributed by atoms with van der Waals surface area (Å²) >= 11 is 1.52. The van der Waals surface area contributed by atoms with E-state index in [1.54, 1.807) is 20.4 Å². The van der Waals surface area contributed by atoms with Crippen LogP contribution < -0.4 is 14.8 Å². The van der Waals surface area contributed by atoms with Gasteiger partial charge in [0.15, 0.2) is 5.13 Å². The number of nitrogens with zero attached hydrogens (tertiary/aromatic N) is 2. The summed E-state index contributed by atoms with van der Waals surface area (Å²) < 4.78 is 10.6. The maximum absolute atomic E-state index is 5.37. The summed E-state index contributed by atoms with van der Waals surface area (Å²) in [4.78, 5) is 8.85. The Morgan fingerprint density at radius 3 is 2.68 bits per heavy atom. The van der Waals surface area contributed by atoms with Crippen molar-refractivity contribution in [1.29, 1.82) is 0 Å². The third kappa shape index (κ3) is 3.01. The number of aromatic nitrogens is 2. The molecule has 0 saturated heterocycles. The third-order valence-corrected chi connectivity index (χ3v) is 3.84. The molecule has 0 aliphatic heterocycles. The van der Waals surface area contributed by atoms with Gasteiger partial charge in [0.1, 0.15) is 17.2 Å². The molecule has 3 rings (SSSR count). The van der Waals surface area contributed by atoms with E-state index in [0.29, 0.717) is 5.75 Å². The number of pyridine rings is 1. The molecule has 22 heavy (non-hydrogen) atoms. The average Bonchev–Trinajstić information content (AvgIpc) is 3.04. The fourth-order valence-corrected chi connectivity index (χ4v) is 2.70. The van der Waals surface area contributed by atoms with Gasteiger partial charge >= 0.3 is 0 Å². The molecule has 0 amide bonds. The van der Waals surface area contributed by atoms with Crippen LogP contribution in [0.2, 0.25) is 0 Å². The van der Waals surface area contributed by atoms with Gasteiger partial charge in [0.05, 0.1) is 25.6 Å². The monoisotopic (exact) mass is 313 g/mol. The molecule has 1 N–H and O–H groups in total. The number of methoxy groups -OCH3 is 2. The number of hydrogen-bond donors (Lipinski definition) is 1. The lowest BCUT2D eigenvalue weighted by Crippen LogP contribution is -1.95. The number of hydrogen-bond acceptors (Lipinski definition) is 6. The lowest BCUT2D eigenvalue weighted by molar-refractivity contribution is 0.395. The second-order valence-corrected chi connectivity index (χ2v) is 5.30. The molecule has 0 unspecified atom stereocenters. The predicted molar refractivity (Wildman–Crippen MR) is 88.2 cm³/mol. The molecule has 0 aliphatic carbocycles. The van der Waals surface area contributed by atoms with Crippen molar-refractivity contribution in [2.24, 2.45) is 0 Å². The zero-order chi connectivity index (χ0) is 15.4. The number of thiazole rings is 1. The highest BCUT2D eigenvalue weighted by Gasteiger charge is 2.09. The summed E-state index contributed by atoms with van der Waals surface area (Å²) in [6, 6.07) is 11.4. The Morgan fingerprint density at radius 2 is 1.95 bits per heavy atom. The van der Waals surface area contributed by atoms with Crippen molar-refractivity contribution in [2.75, 3.05) is 19.5 Å². The van der Waals surface area contributed by atoms with E-state index < -0.39 is 0 Å². The van der Waals surface area contributed by atoms with E-state index >= 15 is 0 Å². The van der Waals surface area contributed by atoms with Crippen LogP contribution in [0.3, 0.4) is 0 Å². The van der Waals surface area contributed by atoms with Crippen LogP contribution in [-0.4, -0.2) is 24.2 Å². The van der Waals surface area contributed by atoms with Crippen LogP contribution in [0.25, 0.3) is 11.4 Å². The Morgan fingerprint density at radius 1 is 1.05 bits per heavy atom. The van der Waals surface area contributed by atoms with E-state index in [-0.39, 0.29) is 0 Å². The molecular weight excluding hydrogens is 298 g/mol. The second kappa shape index (κ2) is 6.44. The Kier molecular flexibility index (Phi) is 4.20. The lowest BCUT2D eigenvalue weighted by Gasteiger charge is -2.10. The van der Waals surface area contributed by atoms with Gasteiger partial charge in [-0.3, -0.25) is 4.98 Å². The van der Waals surface area contributed by atoms with Crippen LogP contribution in [0.5, 0.6) is 11.5 Å². The molecule has 0 spiro atoms. The Labute approximate surface area is 132 Å². The molecule has 1 aromatic carbocycles. The minimum absolute atomic E-state index is 0.703. The molecule has 0 radical (unpaired) electrons. The first kappa shape index (κ1) is 14.3. The van der Waals surface area contributed by atoms with Gasteiger partial charge in [0.25, 0.3) is 0 Å². The predicted octanol–water partition coefficient (Wildman–Crippen LogP) is 3.97. The van der Waals surface area contributed by atoms with Crippen LogP contribution in [0, 0.1) is 0 Å². The van der Waals surface area contributed by atoms with E-state index in [0.717, 1.165) is 28.0 Å². The molecule has 0 saturated carbocycles. The van der Waals surface area contributed by atoms with Crippen molar-refractivity contribution in [3.63, 3.8) is 0 Å². The lowest BCUT2D eigenvalue weighted by atomic mass is 10.2. The van der Waals surface area contributed by atoms with Crippen molar-refractivity contribution >= 4 is 22.2 Å². The number of benzene rings is 1. The quantitative estimate of drug-likeness (QED) is 0.772. The summed E-state index contributed by atoms with van der Waals surface area (Å²) in [7, 11) is 3.25. The third-order valence-electron chi connectivity index (χ3n) is 3.08. The van der Waals surface area contributed by atoms with Crippen LogP contribution in [0.4, 0.5) is 10.8 Å². The van der Waals surface area contributed by atoms with Gasteiger partial charge in [0, 0.05) is 17.6 Å². The number of rotatable bonds is 5. The van der Waals surface area contributed by atoms with E-state index in [4.69, 9.17) is 9.47 Å². The highest BCUT2D eigenvalue weighted by atomic mass is 32.1. The first-order valence-corrected chi connectivity index (χ1v) is 7.54. The van der Waals surface area contributed by atoms with Crippen LogP contribution in [0.15, 0.2) is 48.0 Å². The van der Waals surface area contributed by atoms with Crippen LogP contribution in [-0.2, 0) is 0 Å². The highest BCUT2D eigenvalue weighted by molar-refractivity contribution is 7.14. The normalized spacial score (nSPS) is 10.3. The molecule has 3 aromatic rings. The largest absolute Gasteiger partial charge is 0.497 e. The minimum atomic E-state index is 0.703. The fraction of sp³-hybridized carbons (Fsp3) is 0.125. The zero-order valence-electron chi connectivity index (χ0n) is 12.2. The smallest absolute Gasteiger partial charge is 0.187 e. The van der Waals surface area contributed by atoms with E-state index in [1.807, 2.05) is 41.8 Å². The minimum Gasteiger partial charge on any atom is -0.497 e. The van der Waals surface area contributed by atoms with Gasteiger partial charge < -0.3 is 14.8 Å². The van der Waals surface area contributed by atoms with Gasteiger partial charge in [-0.15, -0.1) is 11.3 Å². The van der Waals surface area contributed by atoms with Gasteiger partial charge in [0.2, 0.25) is 0 Å². The molecule has 0 fully saturated rings. The molecular formula is C16H15N3O2S. The van der Waals surface area contributed by atoms with Gasteiger partial charge in [-0.1, -0.05) is 6.07 Å². The summed E-state index contributed by atoms with van der Waals surface area (Å²) in [6.07, 6.45) is 1.76. The van der Waals surface area contributed by atoms with Crippen molar-refractivity contribution in [3.8, 4) is 22.9 Å². The first-order valence-electron chi connectivity index (χ1n) is 6.66. The fourth-order valence-electron chi connectivity index (χ4n) is 1.98. The summed E-state index contributed by atoms with van der Waals surface area (Å²) in [5.74, 6) is 1.45. The summed E-state index contributed by atoms with van der Waals surface area (Å²) in [5, 5.41) is 6.02. The first-order chi connectivity index (χ1) is 10.8. The van der Waals surface area contributed by atoms with Crippen LogP contribution >= 0.6 is 11.3 Å². The zero-order valence-corrected chi connectivity index (χ0v) is 13.1. The second-order valence-electron chi connectivity index (χ2n) is 4.44. The van der Waals surface area contributed by atoms with Gasteiger partial charge in [-0.2, -0.15) is 0 Å². The van der Waals surface area contributed by atoms with E-state index in [2.05, 4.69) is 15.3 Å². The Balaban J connectivity index is 1.84. The number of ether oxygens (including phenoxy) is 2. The van der Waals surface area contributed by atoms with Crippen molar-refractivity contribution in [3.05, 3.63) is 48.0 Å². The molecule has 2 aromatic heterocycles. The molecule has 112 valence electrons. The molecule has 0 aliphatic rings. The average molecular weight is 313 g/mol. The van der Waals surface area contributed by atoms with E-state index in [1.165, 1.54) is 11.3 Å². The van der Waals surface area contributed by atoms with Crippen molar-refractivity contribution in [1.82, 2.24) is 9.97 Å². The SMILES string of the molecule is COc1ccc(Nc2nc(-c3ccccn3)cs2)c(OC)c1. The van der Waals surface area contributed by atoms with Crippen molar-refractivity contribution < 1.29 is 9.47 Å². The molecule has 5 nitrogen and oxygen atoms in total. The van der Waals surface area contributed by atoms with Crippen molar-refractivity contribution in [2.45, 2.75) is 0 Å². The number of anilines is 2. The molecule has 0 bridgehead atoms. The topological polar surface area (TPSA) is 56.3 Å². The maximum Gasteiger partial charge on any atom is 0.187 e. The van der Waals surface area contributed by atoms with E-state index in [9.17, 15) is 0 Å². The summed E-state index contributed by atoms with van der Waals surface area (Å²) in [5.41, 5.74) is 2.54. The van der Waals surface area contributed by atoms with Gasteiger partial charge in [-0.05, 0) is 24.3 Å². The standard InChI is InChI=1S/C16H15N3O2S/c1-20-11-6-7-13(15(9-11)21-2)18-16-19-14(10-22-16)12-5-3-4-8-17-12/h3-10H,1-2H3,(H,18,19). The van der Waals surface area contributed by atoms with Gasteiger partial charge in [-0.25, -0.2) is 4.98 Å². The molecule has 6 heteroatoms. The molecule has 2 heterocycles. The Hall–Kier alpha value is -2.60. The number of nitrogens with one attached hydrogen (secondary N) is 1. The Bertz CT molecular complexity index is 759. The van der Waals surface area contributed by atoms with Crippen LogP contribution in [0.1, 0.15) is 0 Å². The molecule has 0 atom stereocenters. The maximum atomic E-state index is 5.37. The summed E-state index contributed by atoms with van der Waals surface area (Å²) in [6.45, 7) is 0.